The molecule has 22 heavy (non-hydrogen) atoms. The van der Waals surface area contributed by atoms with Crippen molar-refractivity contribution in [2.75, 3.05) is 13.1 Å². The Hall–Kier alpha value is -1.76. The molecule has 0 aromatic carbocycles. The molecule has 120 valence electrons. The Morgan fingerprint density at radius 2 is 2.09 bits per heavy atom. The third kappa shape index (κ3) is 3.19. The van der Waals surface area contributed by atoms with Gasteiger partial charge in [0.25, 0.3) is 0 Å². The van der Waals surface area contributed by atoms with E-state index >= 15 is 0 Å². The summed E-state index contributed by atoms with van der Waals surface area (Å²) in [6.07, 6.45) is 2.42. The van der Waals surface area contributed by atoms with Gasteiger partial charge in [0.05, 0.1) is 6.04 Å². The highest BCUT2D eigenvalue weighted by atomic mass is 16.4. The van der Waals surface area contributed by atoms with Crippen LogP contribution < -0.4 is 0 Å². The Bertz CT molecular complexity index is 634. The zero-order valence-corrected chi connectivity index (χ0v) is 13.8. The molecule has 1 saturated heterocycles. The molecule has 1 aliphatic heterocycles. The van der Waals surface area contributed by atoms with Gasteiger partial charge in [0.15, 0.2) is 0 Å². The Labute approximate surface area is 130 Å². The van der Waals surface area contributed by atoms with Crippen molar-refractivity contribution in [1.82, 2.24) is 29.9 Å². The van der Waals surface area contributed by atoms with Gasteiger partial charge in [-0.05, 0) is 46.1 Å². The smallest absolute Gasteiger partial charge is 0.233 e. The van der Waals surface area contributed by atoms with Crippen molar-refractivity contribution in [3.8, 4) is 0 Å². The van der Waals surface area contributed by atoms with Gasteiger partial charge in [-0.1, -0.05) is 0 Å². The molecule has 0 spiro atoms. The van der Waals surface area contributed by atoms with Gasteiger partial charge in [0, 0.05) is 20.0 Å². The van der Waals surface area contributed by atoms with Gasteiger partial charge < -0.3 is 4.42 Å². The van der Waals surface area contributed by atoms with Crippen LogP contribution in [0.5, 0.6) is 0 Å². The third-order valence-corrected chi connectivity index (χ3v) is 4.39. The maximum atomic E-state index is 5.58. The van der Waals surface area contributed by atoms with Crippen molar-refractivity contribution in [2.24, 2.45) is 5.92 Å². The summed E-state index contributed by atoms with van der Waals surface area (Å²) >= 11 is 0. The van der Waals surface area contributed by atoms with E-state index < -0.39 is 0 Å². The summed E-state index contributed by atoms with van der Waals surface area (Å²) in [7, 11) is 0. The van der Waals surface area contributed by atoms with Crippen LogP contribution in [0.2, 0.25) is 0 Å². The molecule has 7 heteroatoms. The maximum Gasteiger partial charge on any atom is 0.233 e. The predicted molar refractivity (Wildman–Crippen MR) is 81.2 cm³/mol. The molecule has 0 amide bonds. The highest BCUT2D eigenvalue weighted by Gasteiger charge is 2.27. The second kappa shape index (κ2) is 6.16. The molecule has 1 fully saturated rings. The van der Waals surface area contributed by atoms with Crippen LogP contribution in [0.4, 0.5) is 0 Å². The molecule has 0 N–H and O–H groups in total. The van der Waals surface area contributed by atoms with E-state index in [-0.39, 0.29) is 6.04 Å². The van der Waals surface area contributed by atoms with Gasteiger partial charge >= 0.3 is 0 Å². The lowest BCUT2D eigenvalue weighted by atomic mass is 9.97. The molecule has 1 aliphatic rings. The van der Waals surface area contributed by atoms with Crippen LogP contribution in [-0.4, -0.2) is 43.0 Å². The molecular weight excluding hydrogens is 280 g/mol. The van der Waals surface area contributed by atoms with E-state index in [1.165, 1.54) is 12.8 Å². The monoisotopic (exact) mass is 304 g/mol. The van der Waals surface area contributed by atoms with E-state index in [9.17, 15) is 0 Å². The number of hydrogen-bond donors (Lipinski definition) is 0. The van der Waals surface area contributed by atoms with Crippen LogP contribution in [0.25, 0.3) is 0 Å². The molecule has 0 aliphatic carbocycles. The molecule has 7 nitrogen and oxygen atoms in total. The summed E-state index contributed by atoms with van der Waals surface area (Å²) in [5, 5.41) is 12.6. The first-order valence-corrected chi connectivity index (χ1v) is 7.95. The topological polar surface area (TPSA) is 72.9 Å². The van der Waals surface area contributed by atoms with E-state index in [4.69, 9.17) is 4.42 Å². The van der Waals surface area contributed by atoms with Crippen LogP contribution >= 0.6 is 0 Å². The van der Waals surface area contributed by atoms with Gasteiger partial charge in [-0.25, -0.2) is 9.67 Å². The van der Waals surface area contributed by atoms with Crippen LogP contribution in [-0.2, 0) is 6.54 Å². The lowest BCUT2D eigenvalue weighted by Crippen LogP contribution is -2.39. The van der Waals surface area contributed by atoms with E-state index in [0.717, 1.165) is 31.3 Å². The number of aromatic nitrogens is 5. The Morgan fingerprint density at radius 1 is 1.27 bits per heavy atom. The van der Waals surface area contributed by atoms with E-state index in [0.29, 0.717) is 17.7 Å². The van der Waals surface area contributed by atoms with Crippen molar-refractivity contribution < 1.29 is 4.42 Å². The predicted octanol–water partition coefficient (Wildman–Crippen LogP) is 2.06. The average Bonchev–Trinajstić information content (AvgIpc) is 3.05. The van der Waals surface area contributed by atoms with Crippen LogP contribution in [0, 0.1) is 26.7 Å². The second-order valence-electron chi connectivity index (χ2n) is 6.23. The number of rotatable bonds is 4. The molecule has 2 aromatic heterocycles. The lowest BCUT2D eigenvalue weighted by Gasteiger charge is -2.35. The summed E-state index contributed by atoms with van der Waals surface area (Å²) in [6.45, 7) is 11.0. The van der Waals surface area contributed by atoms with E-state index in [1.807, 2.05) is 25.5 Å². The molecule has 0 saturated carbocycles. The molecule has 2 atom stereocenters. The number of likely N-dealkylation sites (tertiary alicyclic amines) is 1. The normalized spacial score (nSPS) is 21.2. The second-order valence-corrected chi connectivity index (χ2v) is 6.23. The highest BCUT2D eigenvalue weighted by Crippen LogP contribution is 2.26. The van der Waals surface area contributed by atoms with Gasteiger partial charge in [0.1, 0.15) is 11.6 Å². The lowest BCUT2D eigenvalue weighted by molar-refractivity contribution is 0.106. The fraction of sp³-hybridized carbons (Fsp3) is 0.733. The van der Waals surface area contributed by atoms with Crippen molar-refractivity contribution in [1.29, 1.82) is 0 Å². The molecule has 0 radical (unpaired) electrons. The highest BCUT2D eigenvalue weighted by molar-refractivity contribution is 4.92. The van der Waals surface area contributed by atoms with Gasteiger partial charge in [0.2, 0.25) is 11.8 Å². The molecular formula is C15H24N6O. The van der Waals surface area contributed by atoms with Crippen molar-refractivity contribution >= 4 is 0 Å². The quantitative estimate of drug-likeness (QED) is 0.861. The van der Waals surface area contributed by atoms with Crippen LogP contribution in [0.1, 0.15) is 49.2 Å². The van der Waals surface area contributed by atoms with Crippen molar-refractivity contribution in [3.63, 3.8) is 0 Å². The number of aryl methyl sites for hydroxylation is 3. The minimum atomic E-state index is 0.169. The van der Waals surface area contributed by atoms with Gasteiger partial charge in [-0.15, -0.1) is 10.2 Å². The van der Waals surface area contributed by atoms with Crippen LogP contribution in [0.15, 0.2) is 4.42 Å². The van der Waals surface area contributed by atoms with Gasteiger partial charge in [-0.2, -0.15) is 5.10 Å². The minimum Gasteiger partial charge on any atom is -0.424 e. The minimum absolute atomic E-state index is 0.169. The SMILES string of the molecule is Cc1nc(C)n(CC2CCCN(C(C)c3nnc(C)o3)C2)n1. The third-order valence-electron chi connectivity index (χ3n) is 4.39. The first-order valence-electron chi connectivity index (χ1n) is 7.95. The van der Waals surface area contributed by atoms with Crippen molar-refractivity contribution in [3.05, 3.63) is 23.4 Å². The summed E-state index contributed by atoms with van der Waals surface area (Å²) in [5.41, 5.74) is 0. The number of piperidine rings is 1. The number of nitrogens with zero attached hydrogens (tertiary/aromatic N) is 6. The summed E-state index contributed by atoms with van der Waals surface area (Å²) in [4.78, 5) is 6.82. The zero-order valence-electron chi connectivity index (χ0n) is 13.8. The standard InChI is InChI=1S/C15H24N6O/c1-10(15-18-17-13(4)22-15)20-7-5-6-14(8-20)9-21-12(3)16-11(2)19-21/h10,14H,5-9H2,1-4H3. The first-order chi connectivity index (χ1) is 10.5. The molecule has 0 bridgehead atoms. The largest absolute Gasteiger partial charge is 0.424 e. The first kappa shape index (κ1) is 15.1. The summed E-state index contributed by atoms with van der Waals surface area (Å²) in [6, 6.07) is 0.169. The maximum absolute atomic E-state index is 5.58. The average molecular weight is 304 g/mol. The zero-order chi connectivity index (χ0) is 15.7. The van der Waals surface area contributed by atoms with Crippen molar-refractivity contribution in [2.45, 2.75) is 53.1 Å². The summed E-state index contributed by atoms with van der Waals surface area (Å²) in [5.74, 6) is 3.77. The van der Waals surface area contributed by atoms with Gasteiger partial charge in [-0.3, -0.25) is 4.90 Å². The number of hydrogen-bond acceptors (Lipinski definition) is 6. The summed E-state index contributed by atoms with van der Waals surface area (Å²) < 4.78 is 7.62. The Kier molecular flexibility index (Phi) is 4.24. The van der Waals surface area contributed by atoms with E-state index in [2.05, 4.69) is 32.1 Å². The Morgan fingerprint density at radius 3 is 2.73 bits per heavy atom. The molecule has 2 aromatic rings. The van der Waals surface area contributed by atoms with Crippen LogP contribution in [0.3, 0.4) is 0 Å². The van der Waals surface area contributed by atoms with E-state index in [1.54, 1.807) is 0 Å². The fourth-order valence-corrected chi connectivity index (χ4v) is 3.21. The fourth-order valence-electron chi connectivity index (χ4n) is 3.21. The molecule has 3 rings (SSSR count). The molecule has 3 heterocycles. The Balaban J connectivity index is 1.65. The molecule has 2 unspecified atom stereocenters.